The van der Waals surface area contributed by atoms with Crippen molar-refractivity contribution in [3.63, 3.8) is 0 Å². The molecule has 0 N–H and O–H groups in total. The molecule has 0 spiro atoms. The monoisotopic (exact) mass is 510 g/mol. The van der Waals surface area contributed by atoms with Crippen molar-refractivity contribution < 1.29 is 6.85 Å². The SMILES string of the molecule is [2H]c1c([2H])c([2H])c(-c2ccccc2N(c2ccccc2)c2cc(Br)c3sc4ccccc4c3c2)c([2H])c1[2H]. The summed E-state index contributed by atoms with van der Waals surface area (Å²) in [6.45, 7) is 0. The van der Waals surface area contributed by atoms with E-state index in [4.69, 9.17) is 6.85 Å². The summed E-state index contributed by atoms with van der Waals surface area (Å²) < 4.78 is 45.1. The smallest absolute Gasteiger partial charge is 0.0629 e. The normalized spacial score (nSPS) is 13.3. The summed E-state index contributed by atoms with van der Waals surface area (Å²) in [6, 6.07) is 28.3. The van der Waals surface area contributed by atoms with Crippen molar-refractivity contribution in [2.45, 2.75) is 0 Å². The summed E-state index contributed by atoms with van der Waals surface area (Å²) in [5.74, 6) is 0. The van der Waals surface area contributed by atoms with Gasteiger partial charge in [-0.2, -0.15) is 0 Å². The van der Waals surface area contributed by atoms with E-state index in [0.29, 0.717) is 11.3 Å². The highest BCUT2D eigenvalue weighted by Crippen LogP contribution is 2.45. The summed E-state index contributed by atoms with van der Waals surface area (Å²) in [6.07, 6.45) is 0. The van der Waals surface area contributed by atoms with E-state index in [1.54, 1.807) is 11.3 Å². The van der Waals surface area contributed by atoms with Gasteiger partial charge in [0.2, 0.25) is 0 Å². The van der Waals surface area contributed by atoms with Crippen LogP contribution in [-0.2, 0) is 0 Å². The zero-order valence-corrected chi connectivity index (χ0v) is 19.8. The molecule has 0 unspecified atom stereocenters. The van der Waals surface area contributed by atoms with Crippen LogP contribution in [0.5, 0.6) is 0 Å². The standard InChI is InChI=1S/C30H20BrNS/c31-27-20-23(19-26-25-16-8-10-18-29(25)33-30(26)27)32(22-13-5-2-6-14-22)28-17-9-7-15-24(28)21-11-3-1-4-12-21/h1-20H/i1D,3D,4D,11D,12D. The molecule has 6 aromatic rings. The highest BCUT2D eigenvalue weighted by Gasteiger charge is 2.19. The zero-order chi connectivity index (χ0) is 26.6. The van der Waals surface area contributed by atoms with E-state index in [1.807, 2.05) is 66.7 Å². The van der Waals surface area contributed by atoms with Crippen LogP contribution in [0.25, 0.3) is 31.3 Å². The van der Waals surface area contributed by atoms with Gasteiger partial charge >= 0.3 is 0 Å². The van der Waals surface area contributed by atoms with Crippen LogP contribution in [0.4, 0.5) is 17.1 Å². The summed E-state index contributed by atoms with van der Waals surface area (Å²) in [5.41, 5.74) is 3.22. The molecule has 1 nitrogen and oxygen atoms in total. The number of fused-ring (bicyclic) bond motifs is 3. The lowest BCUT2D eigenvalue weighted by Crippen LogP contribution is -2.11. The van der Waals surface area contributed by atoms with E-state index in [-0.39, 0.29) is 29.7 Å². The van der Waals surface area contributed by atoms with Gasteiger partial charge in [0, 0.05) is 41.6 Å². The predicted molar refractivity (Wildman–Crippen MR) is 147 cm³/mol. The van der Waals surface area contributed by atoms with Crippen LogP contribution in [0.15, 0.2) is 126 Å². The van der Waals surface area contributed by atoms with Gasteiger partial charge in [-0.05, 0) is 57.9 Å². The molecular formula is C30H20BrNS. The highest BCUT2D eigenvalue weighted by atomic mass is 79.9. The van der Waals surface area contributed by atoms with Gasteiger partial charge in [0.1, 0.15) is 0 Å². The molecule has 6 rings (SSSR count). The second-order valence-corrected chi connectivity index (χ2v) is 9.50. The third kappa shape index (κ3) is 3.64. The molecule has 0 radical (unpaired) electrons. The second-order valence-electron chi connectivity index (χ2n) is 7.59. The fourth-order valence-corrected chi connectivity index (χ4v) is 5.95. The molecule has 0 amide bonds. The Kier molecular flexibility index (Phi) is 3.98. The van der Waals surface area contributed by atoms with Crippen molar-refractivity contribution >= 4 is 64.5 Å². The molecule has 0 fully saturated rings. The van der Waals surface area contributed by atoms with E-state index >= 15 is 0 Å². The van der Waals surface area contributed by atoms with E-state index in [2.05, 4.69) is 45.1 Å². The maximum atomic E-state index is 8.63. The first kappa shape index (κ1) is 15.4. The van der Waals surface area contributed by atoms with Crippen molar-refractivity contribution in [1.82, 2.24) is 0 Å². The summed E-state index contributed by atoms with van der Waals surface area (Å²) in [4.78, 5) is 2.08. The largest absolute Gasteiger partial charge is 0.310 e. The Morgan fingerprint density at radius 2 is 1.42 bits per heavy atom. The van der Waals surface area contributed by atoms with E-state index in [9.17, 15) is 0 Å². The summed E-state index contributed by atoms with van der Waals surface area (Å²) in [5, 5.41) is 2.29. The molecular weight excluding hydrogens is 486 g/mol. The molecule has 1 aromatic heterocycles. The van der Waals surface area contributed by atoms with Crippen molar-refractivity contribution in [2.75, 3.05) is 4.90 Å². The number of nitrogens with zero attached hydrogens (tertiary/aromatic N) is 1. The molecule has 158 valence electrons. The first-order valence-corrected chi connectivity index (χ1v) is 12.1. The van der Waals surface area contributed by atoms with Gasteiger partial charge in [0.05, 0.1) is 12.5 Å². The van der Waals surface area contributed by atoms with Gasteiger partial charge in [0.25, 0.3) is 0 Å². The van der Waals surface area contributed by atoms with E-state index in [1.165, 1.54) is 10.1 Å². The van der Waals surface area contributed by atoms with Gasteiger partial charge < -0.3 is 4.90 Å². The van der Waals surface area contributed by atoms with Crippen LogP contribution in [-0.4, -0.2) is 0 Å². The van der Waals surface area contributed by atoms with Gasteiger partial charge in [0.15, 0.2) is 0 Å². The fourth-order valence-electron chi connectivity index (χ4n) is 4.17. The quantitative estimate of drug-likeness (QED) is 0.228. The Bertz CT molecular complexity index is 1820. The maximum Gasteiger partial charge on any atom is 0.0629 e. The molecule has 0 aliphatic heterocycles. The number of para-hydroxylation sites is 2. The van der Waals surface area contributed by atoms with Crippen LogP contribution in [0.1, 0.15) is 6.85 Å². The Morgan fingerprint density at radius 3 is 2.27 bits per heavy atom. The minimum absolute atomic E-state index is 0.175. The number of halogens is 1. The van der Waals surface area contributed by atoms with Gasteiger partial charge in [-0.25, -0.2) is 0 Å². The van der Waals surface area contributed by atoms with Crippen LogP contribution in [0.2, 0.25) is 0 Å². The number of thiophene rings is 1. The average molecular weight is 511 g/mol. The Morgan fingerprint density at radius 1 is 0.697 bits per heavy atom. The number of rotatable bonds is 4. The first-order valence-electron chi connectivity index (χ1n) is 13.0. The first-order chi connectivity index (χ1) is 18.4. The van der Waals surface area contributed by atoms with Crippen molar-refractivity contribution in [3.05, 3.63) is 126 Å². The lowest BCUT2D eigenvalue weighted by Gasteiger charge is -2.28. The number of benzene rings is 5. The molecule has 0 aliphatic carbocycles. The number of hydrogen-bond donors (Lipinski definition) is 0. The molecule has 0 atom stereocenters. The molecule has 0 bridgehead atoms. The topological polar surface area (TPSA) is 3.24 Å². The lowest BCUT2D eigenvalue weighted by atomic mass is 10.0. The minimum Gasteiger partial charge on any atom is -0.310 e. The third-order valence-corrected chi connectivity index (χ3v) is 7.71. The van der Waals surface area contributed by atoms with Crippen LogP contribution >= 0.6 is 27.3 Å². The summed E-state index contributed by atoms with van der Waals surface area (Å²) >= 11 is 5.54. The molecule has 33 heavy (non-hydrogen) atoms. The van der Waals surface area contributed by atoms with E-state index < -0.39 is 6.04 Å². The summed E-state index contributed by atoms with van der Waals surface area (Å²) in [7, 11) is 0. The Hall–Kier alpha value is -3.40. The maximum absolute atomic E-state index is 8.63. The minimum atomic E-state index is -0.403. The number of anilines is 3. The predicted octanol–water partition coefficient (Wildman–Crippen LogP) is 9.95. The lowest BCUT2D eigenvalue weighted by molar-refractivity contribution is 1.29. The zero-order valence-electron chi connectivity index (χ0n) is 22.4. The van der Waals surface area contributed by atoms with Crippen LogP contribution < -0.4 is 4.90 Å². The van der Waals surface area contributed by atoms with Crippen molar-refractivity contribution in [1.29, 1.82) is 0 Å². The fraction of sp³-hybridized carbons (Fsp3) is 0. The molecule has 0 aliphatic rings. The van der Waals surface area contributed by atoms with Crippen molar-refractivity contribution in [3.8, 4) is 11.1 Å². The molecule has 0 saturated carbocycles. The molecule has 0 saturated heterocycles. The van der Waals surface area contributed by atoms with Crippen LogP contribution in [0.3, 0.4) is 0 Å². The highest BCUT2D eigenvalue weighted by molar-refractivity contribution is 9.10. The Labute approximate surface area is 212 Å². The average Bonchev–Trinajstić information content (AvgIpc) is 3.32. The third-order valence-electron chi connectivity index (χ3n) is 5.60. The number of hydrogen-bond acceptors (Lipinski definition) is 2. The van der Waals surface area contributed by atoms with Crippen molar-refractivity contribution in [2.24, 2.45) is 0 Å². The molecule has 3 heteroatoms. The van der Waals surface area contributed by atoms with Crippen LogP contribution in [0, 0.1) is 0 Å². The van der Waals surface area contributed by atoms with Gasteiger partial charge in [-0.15, -0.1) is 11.3 Å². The molecule has 1 heterocycles. The van der Waals surface area contributed by atoms with E-state index in [0.717, 1.165) is 25.9 Å². The van der Waals surface area contributed by atoms with Gasteiger partial charge in [-0.1, -0.05) is 84.8 Å². The van der Waals surface area contributed by atoms with Gasteiger partial charge in [-0.3, -0.25) is 0 Å². The Balaban J connectivity index is 1.67. The molecule has 5 aromatic carbocycles. The second kappa shape index (κ2) is 8.51.